The van der Waals surface area contributed by atoms with Crippen LogP contribution in [0.3, 0.4) is 0 Å². The van der Waals surface area contributed by atoms with Gasteiger partial charge in [0.15, 0.2) is 5.69 Å². The molecule has 0 bridgehead atoms. The van der Waals surface area contributed by atoms with Crippen molar-refractivity contribution in [3.8, 4) is 0 Å². The van der Waals surface area contributed by atoms with E-state index in [1.807, 2.05) is 30.3 Å². The largest absolute Gasteiger partial charge is 0.446 e. The Morgan fingerprint density at radius 3 is 2.81 bits per heavy atom. The molecule has 0 spiro atoms. The predicted octanol–water partition coefficient (Wildman–Crippen LogP) is 2.15. The molecule has 1 fully saturated rings. The molecule has 2 heterocycles. The number of nitrogens with zero attached hydrogens (tertiary/aromatic N) is 1. The van der Waals surface area contributed by atoms with Crippen molar-refractivity contribution in [1.82, 2.24) is 20.9 Å². The van der Waals surface area contributed by atoms with Crippen LogP contribution in [-0.2, 0) is 11.3 Å². The summed E-state index contributed by atoms with van der Waals surface area (Å²) in [4.78, 5) is 27.9. The Balaban J connectivity index is 1.28. The normalized spacial score (nSPS) is 16.1. The summed E-state index contributed by atoms with van der Waals surface area (Å²) < 4.78 is 10.5. The van der Waals surface area contributed by atoms with Gasteiger partial charge in [0.25, 0.3) is 5.91 Å². The van der Waals surface area contributed by atoms with Gasteiger partial charge in [-0.15, -0.1) is 0 Å². The third-order valence-corrected chi connectivity index (χ3v) is 4.23. The molecule has 1 aromatic heterocycles. The zero-order valence-corrected chi connectivity index (χ0v) is 15.1. The maximum atomic E-state index is 12.1. The fourth-order valence-corrected chi connectivity index (χ4v) is 2.79. The van der Waals surface area contributed by atoms with Crippen LogP contribution < -0.4 is 16.0 Å². The lowest BCUT2D eigenvalue weighted by atomic mass is 10.2. The van der Waals surface area contributed by atoms with Crippen molar-refractivity contribution in [3.63, 3.8) is 0 Å². The summed E-state index contributed by atoms with van der Waals surface area (Å²) >= 11 is 0. The van der Waals surface area contributed by atoms with Crippen molar-refractivity contribution >= 4 is 12.0 Å². The highest BCUT2D eigenvalue weighted by atomic mass is 16.5. The molecule has 1 aliphatic rings. The first-order valence-corrected chi connectivity index (χ1v) is 9.14. The summed E-state index contributed by atoms with van der Waals surface area (Å²) in [6.07, 6.45) is 3.53. The average molecular weight is 372 g/mol. The Bertz CT molecular complexity index is 741. The van der Waals surface area contributed by atoms with E-state index in [9.17, 15) is 9.59 Å². The molecule has 8 nitrogen and oxygen atoms in total. The van der Waals surface area contributed by atoms with E-state index in [1.54, 1.807) is 0 Å². The summed E-state index contributed by atoms with van der Waals surface area (Å²) in [5.74, 6) is 0.273. The maximum absolute atomic E-state index is 12.1. The molecule has 2 aromatic rings. The second-order valence-electron chi connectivity index (χ2n) is 6.32. The number of ether oxygens (including phenoxy) is 1. The number of carbonyl (C=O) groups excluding carboxylic acids is 2. The fraction of sp³-hybridized carbons (Fsp3) is 0.421. The topological polar surface area (TPSA) is 105 Å². The van der Waals surface area contributed by atoms with Crippen LogP contribution in [0.4, 0.5) is 4.79 Å². The SMILES string of the molecule is O=C(NCCCNC(=O)c1coc(C2CCCN2)n1)OCc1ccccc1. The summed E-state index contributed by atoms with van der Waals surface area (Å²) in [7, 11) is 0. The lowest BCUT2D eigenvalue weighted by Gasteiger charge is -2.07. The first-order chi connectivity index (χ1) is 13.2. The van der Waals surface area contributed by atoms with Gasteiger partial charge in [0.2, 0.25) is 5.89 Å². The molecular weight excluding hydrogens is 348 g/mol. The van der Waals surface area contributed by atoms with Gasteiger partial charge in [0, 0.05) is 13.1 Å². The van der Waals surface area contributed by atoms with Gasteiger partial charge >= 0.3 is 6.09 Å². The van der Waals surface area contributed by atoms with Gasteiger partial charge in [-0.25, -0.2) is 9.78 Å². The molecule has 0 radical (unpaired) electrons. The van der Waals surface area contributed by atoms with Gasteiger partial charge in [-0.05, 0) is 31.4 Å². The summed E-state index contributed by atoms with van der Waals surface area (Å²) in [6.45, 7) is 1.99. The number of benzene rings is 1. The Hall–Kier alpha value is -2.87. The van der Waals surface area contributed by atoms with Crippen molar-refractivity contribution < 1.29 is 18.7 Å². The number of carbonyl (C=O) groups is 2. The Morgan fingerprint density at radius 2 is 2.04 bits per heavy atom. The van der Waals surface area contributed by atoms with Crippen LogP contribution in [-0.4, -0.2) is 36.6 Å². The number of nitrogens with one attached hydrogen (secondary N) is 3. The molecule has 27 heavy (non-hydrogen) atoms. The lowest BCUT2D eigenvalue weighted by molar-refractivity contribution is 0.0948. The van der Waals surface area contributed by atoms with Crippen molar-refractivity contribution in [2.45, 2.75) is 31.9 Å². The van der Waals surface area contributed by atoms with Crippen LogP contribution in [0.5, 0.6) is 0 Å². The molecule has 1 atom stereocenters. The second-order valence-corrected chi connectivity index (χ2v) is 6.32. The van der Waals surface area contributed by atoms with Crippen LogP contribution in [0, 0.1) is 0 Å². The first kappa shape index (κ1) is 18.9. The molecule has 1 aliphatic heterocycles. The minimum absolute atomic E-state index is 0.0950. The van der Waals surface area contributed by atoms with Gasteiger partial charge in [0.05, 0.1) is 6.04 Å². The molecule has 1 aromatic carbocycles. The quantitative estimate of drug-likeness (QED) is 0.613. The highest BCUT2D eigenvalue weighted by Crippen LogP contribution is 2.22. The van der Waals surface area contributed by atoms with Crippen LogP contribution in [0.15, 0.2) is 41.0 Å². The highest BCUT2D eigenvalue weighted by molar-refractivity contribution is 5.91. The van der Waals surface area contributed by atoms with E-state index in [4.69, 9.17) is 9.15 Å². The monoisotopic (exact) mass is 372 g/mol. The van der Waals surface area contributed by atoms with E-state index in [-0.39, 0.29) is 24.2 Å². The van der Waals surface area contributed by atoms with E-state index < -0.39 is 6.09 Å². The molecule has 0 saturated carbocycles. The molecule has 2 amide bonds. The van der Waals surface area contributed by atoms with Crippen molar-refractivity contribution in [2.24, 2.45) is 0 Å². The zero-order chi connectivity index (χ0) is 18.9. The predicted molar refractivity (Wildman–Crippen MR) is 98.1 cm³/mol. The van der Waals surface area contributed by atoms with Gasteiger partial charge in [-0.1, -0.05) is 30.3 Å². The van der Waals surface area contributed by atoms with Crippen LogP contribution in [0.1, 0.15) is 47.2 Å². The summed E-state index contributed by atoms with van der Waals surface area (Å²) in [5.41, 5.74) is 1.20. The van der Waals surface area contributed by atoms with Gasteiger partial charge in [0.1, 0.15) is 12.9 Å². The number of amides is 2. The molecule has 3 N–H and O–H groups in total. The van der Waals surface area contributed by atoms with Crippen molar-refractivity contribution in [2.75, 3.05) is 19.6 Å². The van der Waals surface area contributed by atoms with Crippen LogP contribution in [0.25, 0.3) is 0 Å². The standard InChI is InChI=1S/C19H24N4O4/c24-17(16-13-26-18(23-16)15-8-4-9-20-15)21-10-5-11-22-19(25)27-12-14-6-2-1-3-7-14/h1-3,6-7,13,15,20H,4-5,8-12H2,(H,21,24)(H,22,25). The minimum Gasteiger partial charge on any atom is -0.446 e. The van der Waals surface area contributed by atoms with Gasteiger partial charge in [-0.2, -0.15) is 0 Å². The molecule has 0 aliphatic carbocycles. The summed E-state index contributed by atoms with van der Waals surface area (Å²) in [5, 5.41) is 8.69. The number of oxazole rings is 1. The Morgan fingerprint density at radius 1 is 1.22 bits per heavy atom. The maximum Gasteiger partial charge on any atom is 0.407 e. The zero-order valence-electron chi connectivity index (χ0n) is 15.1. The second kappa shape index (κ2) is 9.72. The molecule has 8 heteroatoms. The highest BCUT2D eigenvalue weighted by Gasteiger charge is 2.22. The van der Waals surface area contributed by atoms with Gasteiger partial charge < -0.3 is 25.1 Å². The number of rotatable bonds is 8. The van der Waals surface area contributed by atoms with E-state index >= 15 is 0 Å². The Labute approximate surface area is 157 Å². The molecule has 1 saturated heterocycles. The van der Waals surface area contributed by atoms with Crippen molar-refractivity contribution in [3.05, 3.63) is 53.7 Å². The number of alkyl carbamates (subject to hydrolysis) is 1. The van der Waals surface area contributed by atoms with Crippen LogP contribution >= 0.6 is 0 Å². The van der Waals surface area contributed by atoms with E-state index in [2.05, 4.69) is 20.9 Å². The number of hydrogen-bond acceptors (Lipinski definition) is 6. The number of hydrogen-bond donors (Lipinski definition) is 3. The van der Waals surface area contributed by atoms with E-state index in [0.29, 0.717) is 25.4 Å². The first-order valence-electron chi connectivity index (χ1n) is 9.14. The fourth-order valence-electron chi connectivity index (χ4n) is 2.79. The molecule has 1 unspecified atom stereocenters. The summed E-state index contributed by atoms with van der Waals surface area (Å²) in [6, 6.07) is 9.56. The third-order valence-electron chi connectivity index (χ3n) is 4.23. The smallest absolute Gasteiger partial charge is 0.407 e. The third kappa shape index (κ3) is 5.82. The van der Waals surface area contributed by atoms with E-state index in [1.165, 1.54) is 6.26 Å². The molecule has 144 valence electrons. The molecular formula is C19H24N4O4. The number of aromatic nitrogens is 1. The average Bonchev–Trinajstić information content (AvgIpc) is 3.38. The minimum atomic E-state index is -0.476. The van der Waals surface area contributed by atoms with Gasteiger partial charge in [-0.3, -0.25) is 4.79 Å². The molecule has 3 rings (SSSR count). The van der Waals surface area contributed by atoms with Crippen LogP contribution in [0.2, 0.25) is 0 Å². The van der Waals surface area contributed by atoms with E-state index in [0.717, 1.165) is 24.9 Å². The lowest BCUT2D eigenvalue weighted by Crippen LogP contribution is -2.30. The van der Waals surface area contributed by atoms with Crippen molar-refractivity contribution in [1.29, 1.82) is 0 Å². The Kier molecular flexibility index (Phi) is 6.81.